The Morgan fingerprint density at radius 2 is 1.76 bits per heavy atom. The number of nitrogens with one attached hydrogen (secondary N) is 1. The third-order valence-electron chi connectivity index (χ3n) is 6.20. The van der Waals surface area contributed by atoms with Gasteiger partial charge in [-0.25, -0.2) is 4.98 Å². The number of hydrogen-bond donors (Lipinski definition) is 1. The SMILES string of the molecule is COc1ccc(C(=O)NCc2nc3ccccc3n2CC(=O)N2CCCc3ccccc32)cc1. The molecule has 0 spiro atoms. The molecular formula is C27H26N4O3. The van der Waals surface area contributed by atoms with Crippen molar-refractivity contribution in [3.8, 4) is 5.75 Å². The maximum absolute atomic E-state index is 13.4. The van der Waals surface area contributed by atoms with Crippen molar-refractivity contribution in [2.24, 2.45) is 0 Å². The molecular weight excluding hydrogens is 428 g/mol. The number of para-hydroxylation sites is 3. The summed E-state index contributed by atoms with van der Waals surface area (Å²) in [5, 5.41) is 2.93. The summed E-state index contributed by atoms with van der Waals surface area (Å²) < 4.78 is 7.06. The van der Waals surface area contributed by atoms with E-state index in [1.165, 1.54) is 5.56 Å². The number of nitrogens with zero attached hydrogens (tertiary/aromatic N) is 3. The topological polar surface area (TPSA) is 76.5 Å². The molecule has 5 rings (SSSR count). The van der Waals surface area contributed by atoms with E-state index in [0.717, 1.165) is 29.6 Å². The average molecular weight is 455 g/mol. The molecule has 7 heteroatoms. The Morgan fingerprint density at radius 1 is 1.00 bits per heavy atom. The molecule has 0 atom stereocenters. The first-order valence-electron chi connectivity index (χ1n) is 11.4. The molecule has 1 N–H and O–H groups in total. The molecule has 0 unspecified atom stereocenters. The van der Waals surface area contributed by atoms with Crippen molar-refractivity contribution in [1.29, 1.82) is 0 Å². The standard InChI is InChI=1S/C27H26N4O3/c1-34-21-14-12-20(13-15-21)27(33)28-17-25-29-22-9-3-5-11-24(22)31(25)18-26(32)30-16-6-8-19-7-2-4-10-23(19)30/h2-5,7,9-15H,6,8,16-18H2,1H3,(H,28,33). The molecule has 2 amide bonds. The number of aromatic nitrogens is 2. The van der Waals surface area contributed by atoms with E-state index in [1.807, 2.05) is 51.9 Å². The zero-order valence-corrected chi connectivity index (χ0v) is 19.0. The Hall–Kier alpha value is -4.13. The van der Waals surface area contributed by atoms with Crippen LogP contribution in [-0.2, 0) is 24.3 Å². The number of carbonyl (C=O) groups excluding carboxylic acids is 2. The molecule has 7 nitrogen and oxygen atoms in total. The molecule has 34 heavy (non-hydrogen) atoms. The lowest BCUT2D eigenvalue weighted by Crippen LogP contribution is -2.38. The van der Waals surface area contributed by atoms with Gasteiger partial charge in [0.25, 0.3) is 5.91 Å². The second kappa shape index (κ2) is 9.39. The lowest BCUT2D eigenvalue weighted by atomic mass is 10.0. The van der Waals surface area contributed by atoms with Gasteiger partial charge in [0.15, 0.2) is 0 Å². The van der Waals surface area contributed by atoms with Crippen molar-refractivity contribution < 1.29 is 14.3 Å². The normalized spacial score (nSPS) is 12.9. The molecule has 0 saturated carbocycles. The monoisotopic (exact) mass is 454 g/mol. The van der Waals surface area contributed by atoms with Crippen molar-refractivity contribution in [2.45, 2.75) is 25.9 Å². The molecule has 0 saturated heterocycles. The summed E-state index contributed by atoms with van der Waals surface area (Å²) in [6, 6.07) is 22.7. The Balaban J connectivity index is 1.38. The summed E-state index contributed by atoms with van der Waals surface area (Å²) >= 11 is 0. The van der Waals surface area contributed by atoms with Crippen molar-refractivity contribution in [3.63, 3.8) is 0 Å². The zero-order valence-electron chi connectivity index (χ0n) is 19.0. The minimum Gasteiger partial charge on any atom is -0.497 e. The molecule has 2 heterocycles. The van der Waals surface area contributed by atoms with Crippen LogP contribution in [0.1, 0.15) is 28.2 Å². The number of imidazole rings is 1. The van der Waals surface area contributed by atoms with Crippen LogP contribution in [0.5, 0.6) is 5.75 Å². The largest absolute Gasteiger partial charge is 0.497 e. The summed E-state index contributed by atoms with van der Waals surface area (Å²) in [6.45, 7) is 1.07. The van der Waals surface area contributed by atoms with Crippen LogP contribution >= 0.6 is 0 Å². The molecule has 1 aromatic heterocycles. The van der Waals surface area contributed by atoms with E-state index in [0.29, 0.717) is 23.7 Å². The Morgan fingerprint density at radius 3 is 2.59 bits per heavy atom. The van der Waals surface area contributed by atoms with Crippen LogP contribution in [0.15, 0.2) is 72.8 Å². The fourth-order valence-corrected chi connectivity index (χ4v) is 4.45. The van der Waals surface area contributed by atoms with Crippen LogP contribution in [0.2, 0.25) is 0 Å². The van der Waals surface area contributed by atoms with Gasteiger partial charge in [-0.1, -0.05) is 30.3 Å². The van der Waals surface area contributed by atoms with Crippen molar-refractivity contribution >= 4 is 28.5 Å². The van der Waals surface area contributed by atoms with Crippen LogP contribution in [0, 0.1) is 0 Å². The number of benzene rings is 3. The fourth-order valence-electron chi connectivity index (χ4n) is 4.45. The predicted molar refractivity (Wildman–Crippen MR) is 131 cm³/mol. The third kappa shape index (κ3) is 4.24. The minimum absolute atomic E-state index is 0.0121. The van der Waals surface area contributed by atoms with Gasteiger partial charge in [-0.2, -0.15) is 0 Å². The quantitative estimate of drug-likeness (QED) is 0.479. The van der Waals surface area contributed by atoms with E-state index in [4.69, 9.17) is 9.72 Å². The van der Waals surface area contributed by atoms with E-state index in [-0.39, 0.29) is 24.9 Å². The van der Waals surface area contributed by atoms with Crippen LogP contribution in [0.3, 0.4) is 0 Å². The van der Waals surface area contributed by atoms with Gasteiger partial charge >= 0.3 is 0 Å². The number of hydrogen-bond acceptors (Lipinski definition) is 4. The van der Waals surface area contributed by atoms with Gasteiger partial charge in [0.2, 0.25) is 5.91 Å². The van der Waals surface area contributed by atoms with Gasteiger partial charge in [0.1, 0.15) is 18.1 Å². The van der Waals surface area contributed by atoms with Crippen LogP contribution < -0.4 is 15.0 Å². The number of rotatable bonds is 6. The van der Waals surface area contributed by atoms with Crippen molar-refractivity contribution in [2.75, 3.05) is 18.6 Å². The minimum atomic E-state index is -0.211. The predicted octanol–water partition coefficient (Wildman–Crippen LogP) is 3.95. The van der Waals surface area contributed by atoms with Crippen LogP contribution in [0.25, 0.3) is 11.0 Å². The summed E-state index contributed by atoms with van der Waals surface area (Å²) in [6.07, 6.45) is 1.93. The Labute approximate surface area is 198 Å². The number of aryl methyl sites for hydroxylation is 1. The number of fused-ring (bicyclic) bond motifs is 2. The highest BCUT2D eigenvalue weighted by Crippen LogP contribution is 2.27. The van der Waals surface area contributed by atoms with Gasteiger partial charge in [-0.15, -0.1) is 0 Å². The highest BCUT2D eigenvalue weighted by atomic mass is 16.5. The van der Waals surface area contributed by atoms with E-state index in [1.54, 1.807) is 31.4 Å². The lowest BCUT2D eigenvalue weighted by molar-refractivity contribution is -0.119. The lowest BCUT2D eigenvalue weighted by Gasteiger charge is -2.29. The summed E-state index contributed by atoms with van der Waals surface area (Å²) in [5.74, 6) is 1.13. The molecule has 0 bridgehead atoms. The maximum atomic E-state index is 13.4. The first-order valence-corrected chi connectivity index (χ1v) is 11.4. The zero-order chi connectivity index (χ0) is 23.5. The molecule has 4 aromatic rings. The van der Waals surface area contributed by atoms with E-state index in [9.17, 15) is 9.59 Å². The molecule has 0 radical (unpaired) electrons. The number of carbonyl (C=O) groups is 2. The van der Waals surface area contributed by atoms with E-state index < -0.39 is 0 Å². The number of methoxy groups -OCH3 is 1. The van der Waals surface area contributed by atoms with Crippen molar-refractivity contribution in [1.82, 2.24) is 14.9 Å². The Bertz CT molecular complexity index is 1340. The molecule has 1 aliphatic heterocycles. The fraction of sp³-hybridized carbons (Fsp3) is 0.222. The molecule has 172 valence electrons. The van der Waals surface area contributed by atoms with E-state index in [2.05, 4.69) is 11.4 Å². The number of ether oxygens (including phenoxy) is 1. The third-order valence-corrected chi connectivity index (χ3v) is 6.20. The number of amides is 2. The molecule has 3 aromatic carbocycles. The van der Waals surface area contributed by atoms with Gasteiger partial charge < -0.3 is 19.5 Å². The molecule has 0 aliphatic carbocycles. The second-order valence-corrected chi connectivity index (χ2v) is 8.29. The smallest absolute Gasteiger partial charge is 0.251 e. The molecule has 1 aliphatic rings. The first kappa shape index (κ1) is 21.7. The second-order valence-electron chi connectivity index (χ2n) is 8.29. The average Bonchev–Trinajstić information content (AvgIpc) is 3.24. The van der Waals surface area contributed by atoms with Gasteiger partial charge in [0.05, 0.1) is 24.7 Å². The number of anilines is 1. The van der Waals surface area contributed by atoms with Crippen molar-refractivity contribution in [3.05, 3.63) is 89.7 Å². The Kier molecular flexibility index (Phi) is 5.99. The summed E-state index contributed by atoms with van der Waals surface area (Å²) in [7, 11) is 1.59. The van der Waals surface area contributed by atoms with Gasteiger partial charge in [-0.3, -0.25) is 9.59 Å². The molecule has 0 fully saturated rings. The summed E-state index contributed by atoms with van der Waals surface area (Å²) in [5.41, 5.74) is 4.38. The maximum Gasteiger partial charge on any atom is 0.251 e. The highest BCUT2D eigenvalue weighted by Gasteiger charge is 2.24. The van der Waals surface area contributed by atoms with Gasteiger partial charge in [-0.05, 0) is 60.9 Å². The van der Waals surface area contributed by atoms with Crippen LogP contribution in [-0.4, -0.2) is 35.0 Å². The van der Waals surface area contributed by atoms with E-state index >= 15 is 0 Å². The van der Waals surface area contributed by atoms with Crippen LogP contribution in [0.4, 0.5) is 5.69 Å². The highest BCUT2D eigenvalue weighted by molar-refractivity contribution is 5.96. The first-order chi connectivity index (χ1) is 16.6. The van der Waals surface area contributed by atoms with Gasteiger partial charge in [0, 0.05) is 17.8 Å². The summed E-state index contributed by atoms with van der Waals surface area (Å²) in [4.78, 5) is 32.7.